The van der Waals surface area contributed by atoms with Gasteiger partial charge in [0.05, 0.1) is 0 Å². The predicted molar refractivity (Wildman–Crippen MR) is 67.3 cm³/mol. The van der Waals surface area contributed by atoms with Gasteiger partial charge in [0.1, 0.15) is 0 Å². The summed E-state index contributed by atoms with van der Waals surface area (Å²) < 4.78 is 6.09. The Labute approximate surface area is 95.0 Å². The average Bonchev–Trinajstić information content (AvgIpc) is 2.23. The lowest BCUT2D eigenvalue weighted by Crippen LogP contribution is -2.34. The maximum atomic E-state index is 6.48. The second kappa shape index (κ2) is 7.72. The van der Waals surface area contributed by atoms with E-state index in [4.69, 9.17) is 15.5 Å². The van der Waals surface area contributed by atoms with Crippen LogP contribution in [0.3, 0.4) is 0 Å². The molecule has 0 aromatic heterocycles. The molecule has 14 heavy (non-hydrogen) atoms. The fourth-order valence-corrected chi connectivity index (χ4v) is 3.59. The van der Waals surface area contributed by atoms with Gasteiger partial charge in [0, 0.05) is 6.10 Å². The van der Waals surface area contributed by atoms with Crippen molar-refractivity contribution in [1.82, 2.24) is 0 Å². The van der Waals surface area contributed by atoms with Crippen LogP contribution in [0.2, 0.25) is 12.1 Å². The van der Waals surface area contributed by atoms with Gasteiger partial charge in [0.15, 0.2) is 0 Å². The summed E-state index contributed by atoms with van der Waals surface area (Å²) in [6.45, 7) is 8.71. The van der Waals surface area contributed by atoms with E-state index in [1.54, 1.807) is 0 Å². The van der Waals surface area contributed by atoms with Gasteiger partial charge >= 0.3 is 0 Å². The second-order valence-electron chi connectivity index (χ2n) is 3.88. The van der Waals surface area contributed by atoms with Crippen molar-refractivity contribution in [2.45, 2.75) is 71.6 Å². The molecule has 0 aliphatic rings. The van der Waals surface area contributed by atoms with Crippen molar-refractivity contribution in [2.24, 2.45) is 0 Å². The normalized spacial score (nSPS) is 14.4. The van der Waals surface area contributed by atoms with Gasteiger partial charge in [-0.25, -0.2) is 0 Å². The topological polar surface area (TPSA) is 9.23 Å². The first-order chi connectivity index (χ1) is 6.61. The lowest BCUT2D eigenvalue weighted by molar-refractivity contribution is 0.177. The summed E-state index contributed by atoms with van der Waals surface area (Å²) in [5.74, 6) is 0. The van der Waals surface area contributed by atoms with Gasteiger partial charge in [-0.05, 0) is 24.9 Å². The van der Waals surface area contributed by atoms with Gasteiger partial charge in [-0.2, -0.15) is 0 Å². The quantitative estimate of drug-likeness (QED) is 0.439. The molecule has 0 N–H and O–H groups in total. The summed E-state index contributed by atoms with van der Waals surface area (Å²) in [7, 11) is -1.86. The van der Waals surface area contributed by atoms with Crippen LogP contribution in [0.15, 0.2) is 0 Å². The van der Waals surface area contributed by atoms with Crippen LogP contribution >= 0.6 is 11.1 Å². The highest BCUT2D eigenvalue weighted by atomic mass is 35.6. The molecular weight excluding hydrogens is 212 g/mol. The van der Waals surface area contributed by atoms with Crippen LogP contribution in [0.1, 0.15) is 53.4 Å². The predicted octanol–water partition coefficient (Wildman–Crippen LogP) is 4.69. The molecule has 0 aromatic carbocycles. The first-order valence-electron chi connectivity index (χ1n) is 5.98. The first-order valence-corrected chi connectivity index (χ1v) is 9.32. The van der Waals surface area contributed by atoms with Crippen LogP contribution in [-0.2, 0) is 4.43 Å². The molecule has 0 bridgehead atoms. The highest BCUT2D eigenvalue weighted by molar-refractivity contribution is 7.16. The van der Waals surface area contributed by atoms with E-state index in [-0.39, 0.29) is 0 Å². The van der Waals surface area contributed by atoms with Crippen LogP contribution in [-0.4, -0.2) is 13.7 Å². The van der Waals surface area contributed by atoms with Crippen molar-refractivity contribution in [3.05, 3.63) is 0 Å². The minimum atomic E-state index is -1.86. The maximum Gasteiger partial charge on any atom is 0.289 e. The van der Waals surface area contributed by atoms with E-state index in [9.17, 15) is 0 Å². The Morgan fingerprint density at radius 3 is 2.07 bits per heavy atom. The molecule has 86 valence electrons. The number of unbranched alkanes of at least 4 members (excludes halogenated alkanes) is 1. The molecule has 0 radical (unpaired) electrons. The molecule has 1 atom stereocenters. The Hall–Kier alpha value is 0.467. The Kier molecular flexibility index (Phi) is 7.98. The third-order valence-corrected chi connectivity index (χ3v) is 7.51. The largest absolute Gasteiger partial charge is 0.400 e. The van der Waals surface area contributed by atoms with Gasteiger partial charge in [0.25, 0.3) is 7.63 Å². The number of halogens is 1. The van der Waals surface area contributed by atoms with E-state index in [1.165, 1.54) is 19.3 Å². The van der Waals surface area contributed by atoms with Crippen LogP contribution in [0.25, 0.3) is 0 Å². The summed E-state index contributed by atoms with van der Waals surface area (Å²) in [6.07, 6.45) is 5.18. The van der Waals surface area contributed by atoms with E-state index in [0.29, 0.717) is 6.10 Å². The lowest BCUT2D eigenvalue weighted by Gasteiger charge is -2.27. The fourth-order valence-electron chi connectivity index (χ4n) is 1.49. The Balaban J connectivity index is 4.00. The molecule has 0 saturated heterocycles. The molecule has 0 aliphatic carbocycles. The molecule has 0 aliphatic heterocycles. The maximum absolute atomic E-state index is 6.48. The molecule has 0 spiro atoms. The molecule has 3 heteroatoms. The standard InChI is InChI=1S/C11H25ClOSi/c1-5-9-10-11(6-2)13-14(12,7-3)8-4/h11H,5-10H2,1-4H3. The summed E-state index contributed by atoms with van der Waals surface area (Å²) in [5, 5.41) is 0. The molecule has 0 amide bonds. The summed E-state index contributed by atoms with van der Waals surface area (Å²) in [4.78, 5) is 0. The smallest absolute Gasteiger partial charge is 0.289 e. The summed E-state index contributed by atoms with van der Waals surface area (Å²) in [5.41, 5.74) is 0. The van der Waals surface area contributed by atoms with Gasteiger partial charge in [-0.15, -0.1) is 11.1 Å². The summed E-state index contributed by atoms with van der Waals surface area (Å²) >= 11 is 6.48. The van der Waals surface area contributed by atoms with Gasteiger partial charge < -0.3 is 4.43 Å². The molecule has 1 unspecified atom stereocenters. The minimum Gasteiger partial charge on any atom is -0.400 e. The van der Waals surface area contributed by atoms with Crippen molar-refractivity contribution >= 4 is 18.7 Å². The first kappa shape index (κ1) is 14.5. The summed E-state index contributed by atoms with van der Waals surface area (Å²) in [6, 6.07) is 2.04. The van der Waals surface area contributed by atoms with Crippen molar-refractivity contribution in [1.29, 1.82) is 0 Å². The molecule has 0 rings (SSSR count). The molecule has 0 saturated carbocycles. The Morgan fingerprint density at radius 2 is 1.71 bits per heavy atom. The fraction of sp³-hybridized carbons (Fsp3) is 1.00. The number of rotatable bonds is 8. The van der Waals surface area contributed by atoms with Crippen LogP contribution < -0.4 is 0 Å². The number of hydrogen-bond donors (Lipinski definition) is 0. The molecule has 0 heterocycles. The SMILES string of the molecule is CCCCC(CC)O[Si](Cl)(CC)CC. The van der Waals surface area contributed by atoms with Crippen LogP contribution in [0.5, 0.6) is 0 Å². The second-order valence-corrected chi connectivity index (χ2v) is 9.36. The number of hydrogen-bond acceptors (Lipinski definition) is 1. The van der Waals surface area contributed by atoms with E-state index in [1.807, 2.05) is 0 Å². The molecule has 0 fully saturated rings. The third kappa shape index (κ3) is 5.37. The van der Waals surface area contributed by atoms with E-state index < -0.39 is 7.63 Å². The highest BCUT2D eigenvalue weighted by Crippen LogP contribution is 2.25. The van der Waals surface area contributed by atoms with Crippen molar-refractivity contribution in [3.8, 4) is 0 Å². The third-order valence-electron chi connectivity index (χ3n) is 2.77. The van der Waals surface area contributed by atoms with Crippen LogP contribution in [0.4, 0.5) is 0 Å². The van der Waals surface area contributed by atoms with E-state index in [0.717, 1.165) is 18.5 Å². The Morgan fingerprint density at radius 1 is 1.14 bits per heavy atom. The van der Waals surface area contributed by atoms with Gasteiger partial charge in [-0.1, -0.05) is 40.5 Å². The van der Waals surface area contributed by atoms with Crippen molar-refractivity contribution < 1.29 is 4.43 Å². The average molecular weight is 237 g/mol. The van der Waals surface area contributed by atoms with Crippen molar-refractivity contribution in [2.75, 3.05) is 0 Å². The van der Waals surface area contributed by atoms with Gasteiger partial charge in [0.2, 0.25) is 0 Å². The Bertz CT molecular complexity index is 137. The molecule has 0 aromatic rings. The monoisotopic (exact) mass is 236 g/mol. The van der Waals surface area contributed by atoms with Crippen LogP contribution in [0, 0.1) is 0 Å². The zero-order valence-electron chi connectivity index (χ0n) is 10.1. The zero-order valence-corrected chi connectivity index (χ0v) is 11.9. The minimum absolute atomic E-state index is 0.402. The van der Waals surface area contributed by atoms with E-state index in [2.05, 4.69) is 27.7 Å². The zero-order chi connectivity index (χ0) is 11.0. The van der Waals surface area contributed by atoms with Crippen molar-refractivity contribution in [3.63, 3.8) is 0 Å². The molecular formula is C11H25ClOSi. The van der Waals surface area contributed by atoms with E-state index >= 15 is 0 Å². The lowest BCUT2D eigenvalue weighted by atomic mass is 10.1. The van der Waals surface area contributed by atoms with Gasteiger partial charge in [-0.3, -0.25) is 0 Å². The highest BCUT2D eigenvalue weighted by Gasteiger charge is 2.30. The molecule has 1 nitrogen and oxygen atoms in total.